The Morgan fingerprint density at radius 3 is 2.76 bits per heavy atom. The van der Waals surface area contributed by atoms with Crippen molar-refractivity contribution in [3.8, 4) is 0 Å². The molecule has 3 atom stereocenters. The van der Waals surface area contributed by atoms with Crippen LogP contribution < -0.4 is 5.32 Å². The molecule has 0 bridgehead atoms. The maximum absolute atomic E-state index is 3.69. The van der Waals surface area contributed by atoms with E-state index in [2.05, 4.69) is 42.9 Å². The number of hydrogen-bond donors (Lipinski definition) is 1. The minimum atomic E-state index is 0.621. The highest BCUT2D eigenvalue weighted by Crippen LogP contribution is 2.38. The predicted molar refractivity (Wildman–Crippen MR) is 95.0 cm³/mol. The van der Waals surface area contributed by atoms with Gasteiger partial charge in [-0.25, -0.2) is 0 Å². The Morgan fingerprint density at radius 2 is 2.10 bits per heavy atom. The third-order valence-electron chi connectivity index (χ3n) is 5.12. The Morgan fingerprint density at radius 1 is 1.24 bits per heavy atom. The zero-order chi connectivity index (χ0) is 15.1. The molecule has 2 rings (SSSR count). The Hall–Kier alpha value is -0.340. The van der Waals surface area contributed by atoms with Crippen LogP contribution in [0.15, 0.2) is 16.8 Å². The molecule has 1 fully saturated rings. The van der Waals surface area contributed by atoms with Gasteiger partial charge in [0.05, 0.1) is 0 Å². The van der Waals surface area contributed by atoms with Crippen molar-refractivity contribution >= 4 is 11.3 Å². The summed E-state index contributed by atoms with van der Waals surface area (Å²) in [5.74, 6) is 2.83. The molecule has 0 aliphatic heterocycles. The van der Waals surface area contributed by atoms with E-state index in [4.69, 9.17) is 0 Å². The lowest BCUT2D eigenvalue weighted by atomic mass is 9.71. The lowest BCUT2D eigenvalue weighted by Crippen LogP contribution is -2.36. The summed E-state index contributed by atoms with van der Waals surface area (Å²) in [5, 5.41) is 8.23. The van der Waals surface area contributed by atoms with Gasteiger partial charge in [0, 0.05) is 6.04 Å². The molecule has 0 saturated heterocycles. The molecule has 3 unspecified atom stereocenters. The van der Waals surface area contributed by atoms with Gasteiger partial charge in [0.15, 0.2) is 0 Å². The minimum Gasteiger partial charge on any atom is -0.314 e. The largest absolute Gasteiger partial charge is 0.314 e. The van der Waals surface area contributed by atoms with E-state index in [1.54, 1.807) is 5.56 Å². The molecule has 1 heterocycles. The maximum Gasteiger partial charge on any atom is 0.00104 e. The van der Waals surface area contributed by atoms with E-state index in [1.165, 1.54) is 51.5 Å². The molecule has 1 aromatic rings. The molecule has 120 valence electrons. The molecule has 0 spiro atoms. The molecule has 0 radical (unpaired) electrons. The summed E-state index contributed by atoms with van der Waals surface area (Å²) in [6, 6.07) is 2.93. The van der Waals surface area contributed by atoms with Crippen LogP contribution in [0.1, 0.15) is 64.9 Å². The van der Waals surface area contributed by atoms with Crippen LogP contribution in [-0.4, -0.2) is 12.6 Å². The molecule has 1 aromatic heterocycles. The van der Waals surface area contributed by atoms with Gasteiger partial charge in [-0.1, -0.05) is 40.0 Å². The second-order valence-corrected chi connectivity index (χ2v) is 8.00. The Balaban J connectivity index is 1.87. The molecule has 1 N–H and O–H groups in total. The highest BCUT2D eigenvalue weighted by Gasteiger charge is 2.29. The first-order valence-corrected chi connectivity index (χ1v) is 9.87. The highest BCUT2D eigenvalue weighted by molar-refractivity contribution is 7.07. The molecular weight excluding hydrogens is 274 g/mol. The van der Waals surface area contributed by atoms with Crippen LogP contribution in [-0.2, 0) is 6.42 Å². The van der Waals surface area contributed by atoms with Crippen LogP contribution in [0, 0.1) is 17.8 Å². The zero-order valence-corrected chi connectivity index (χ0v) is 14.9. The van der Waals surface area contributed by atoms with Gasteiger partial charge in [0.1, 0.15) is 0 Å². The quantitative estimate of drug-likeness (QED) is 0.667. The summed E-state index contributed by atoms with van der Waals surface area (Å²) < 4.78 is 0. The lowest BCUT2D eigenvalue weighted by Gasteiger charge is -2.37. The summed E-state index contributed by atoms with van der Waals surface area (Å²) in [4.78, 5) is 0. The zero-order valence-electron chi connectivity index (χ0n) is 14.1. The van der Waals surface area contributed by atoms with Crippen molar-refractivity contribution in [3.63, 3.8) is 0 Å². The van der Waals surface area contributed by atoms with E-state index >= 15 is 0 Å². The summed E-state index contributed by atoms with van der Waals surface area (Å²) in [6.07, 6.45) is 9.86. The molecule has 0 aromatic carbocycles. The Kier molecular flexibility index (Phi) is 7.25. The smallest absolute Gasteiger partial charge is 0.00104 e. The minimum absolute atomic E-state index is 0.621. The predicted octanol–water partition coefficient (Wildman–Crippen LogP) is 5.51. The topological polar surface area (TPSA) is 12.0 Å². The van der Waals surface area contributed by atoms with Gasteiger partial charge in [-0.3, -0.25) is 0 Å². The third kappa shape index (κ3) is 5.75. The van der Waals surface area contributed by atoms with E-state index in [1.807, 2.05) is 11.3 Å². The van der Waals surface area contributed by atoms with Gasteiger partial charge in [-0.2, -0.15) is 11.3 Å². The van der Waals surface area contributed by atoms with E-state index < -0.39 is 0 Å². The second kappa shape index (κ2) is 8.95. The van der Waals surface area contributed by atoms with Crippen molar-refractivity contribution < 1.29 is 0 Å². The van der Waals surface area contributed by atoms with Crippen LogP contribution in [0.5, 0.6) is 0 Å². The normalized spacial score (nSPS) is 26.4. The van der Waals surface area contributed by atoms with Crippen LogP contribution in [0.25, 0.3) is 0 Å². The van der Waals surface area contributed by atoms with E-state index in [0.717, 1.165) is 17.8 Å². The van der Waals surface area contributed by atoms with E-state index in [0.29, 0.717) is 6.04 Å². The lowest BCUT2D eigenvalue weighted by molar-refractivity contribution is 0.158. The SMILES string of the molecule is CCCC1CCC(CNC(C)C)C(CCc2ccsc2)C1. The summed E-state index contributed by atoms with van der Waals surface area (Å²) in [5.41, 5.74) is 1.55. The van der Waals surface area contributed by atoms with Crippen molar-refractivity contribution in [2.45, 2.75) is 71.8 Å². The number of nitrogens with one attached hydrogen (secondary N) is 1. The Labute approximate surface area is 135 Å². The van der Waals surface area contributed by atoms with E-state index in [-0.39, 0.29) is 0 Å². The van der Waals surface area contributed by atoms with Crippen molar-refractivity contribution in [1.29, 1.82) is 0 Å². The summed E-state index contributed by atoms with van der Waals surface area (Å²) >= 11 is 1.84. The number of thiophene rings is 1. The fourth-order valence-electron chi connectivity index (χ4n) is 3.89. The van der Waals surface area contributed by atoms with Crippen molar-refractivity contribution in [1.82, 2.24) is 5.32 Å². The van der Waals surface area contributed by atoms with Gasteiger partial charge >= 0.3 is 0 Å². The summed E-state index contributed by atoms with van der Waals surface area (Å²) in [7, 11) is 0. The standard InChI is InChI=1S/C19H33NS/c1-4-5-16-6-9-19(13-20-15(2)3)18(12-16)8-7-17-10-11-21-14-17/h10-11,14-16,18-20H,4-9,12-13H2,1-3H3. The first-order chi connectivity index (χ1) is 10.2. The second-order valence-electron chi connectivity index (χ2n) is 7.22. The average Bonchev–Trinajstić information content (AvgIpc) is 2.97. The van der Waals surface area contributed by atoms with Gasteiger partial charge in [-0.05, 0) is 72.4 Å². The van der Waals surface area contributed by atoms with Crippen LogP contribution in [0.3, 0.4) is 0 Å². The fourth-order valence-corrected chi connectivity index (χ4v) is 4.59. The van der Waals surface area contributed by atoms with Crippen LogP contribution >= 0.6 is 11.3 Å². The molecule has 1 saturated carbocycles. The number of aryl methyl sites for hydroxylation is 1. The van der Waals surface area contributed by atoms with Gasteiger partial charge in [-0.15, -0.1) is 0 Å². The first-order valence-electron chi connectivity index (χ1n) is 8.93. The van der Waals surface area contributed by atoms with Crippen molar-refractivity contribution in [3.05, 3.63) is 22.4 Å². The molecule has 1 aliphatic rings. The maximum atomic E-state index is 3.69. The molecule has 2 heteroatoms. The Bertz CT molecular complexity index is 371. The molecule has 21 heavy (non-hydrogen) atoms. The van der Waals surface area contributed by atoms with Crippen molar-refractivity contribution in [2.24, 2.45) is 17.8 Å². The third-order valence-corrected chi connectivity index (χ3v) is 5.85. The van der Waals surface area contributed by atoms with Gasteiger partial charge in [0.25, 0.3) is 0 Å². The van der Waals surface area contributed by atoms with Crippen LogP contribution in [0.4, 0.5) is 0 Å². The number of hydrogen-bond acceptors (Lipinski definition) is 2. The van der Waals surface area contributed by atoms with Gasteiger partial charge in [0.2, 0.25) is 0 Å². The molecule has 0 amide bonds. The average molecular weight is 308 g/mol. The molecular formula is C19H33NS. The van der Waals surface area contributed by atoms with Crippen molar-refractivity contribution in [2.75, 3.05) is 6.54 Å². The molecule has 1 aliphatic carbocycles. The number of rotatable bonds is 8. The van der Waals surface area contributed by atoms with Crippen LogP contribution in [0.2, 0.25) is 0 Å². The monoisotopic (exact) mass is 307 g/mol. The fraction of sp³-hybridized carbons (Fsp3) is 0.789. The summed E-state index contributed by atoms with van der Waals surface area (Å²) in [6.45, 7) is 8.10. The first kappa shape index (κ1) is 17.0. The van der Waals surface area contributed by atoms with Gasteiger partial charge < -0.3 is 5.32 Å². The highest BCUT2D eigenvalue weighted by atomic mass is 32.1. The molecule has 1 nitrogen and oxygen atoms in total. The van der Waals surface area contributed by atoms with E-state index in [9.17, 15) is 0 Å².